The summed E-state index contributed by atoms with van der Waals surface area (Å²) in [5, 5.41) is 0.816. The van der Waals surface area contributed by atoms with Gasteiger partial charge in [0.2, 0.25) is 0 Å². The van der Waals surface area contributed by atoms with Crippen molar-refractivity contribution in [2.45, 2.75) is 33.1 Å². The summed E-state index contributed by atoms with van der Waals surface area (Å²) in [7, 11) is 1.96. The fourth-order valence-corrected chi connectivity index (χ4v) is 3.44. The van der Waals surface area contributed by atoms with Crippen molar-refractivity contribution in [1.82, 2.24) is 9.88 Å². The molecule has 0 aromatic carbocycles. The van der Waals surface area contributed by atoms with Gasteiger partial charge in [0.05, 0.1) is 0 Å². The summed E-state index contributed by atoms with van der Waals surface area (Å²) in [6, 6.07) is 0. The number of hydrogen-bond acceptors (Lipinski definition) is 5. The molecular formula is C14H24N4OS. The van der Waals surface area contributed by atoms with E-state index < -0.39 is 0 Å². The summed E-state index contributed by atoms with van der Waals surface area (Å²) in [4.78, 5) is 21.4. The summed E-state index contributed by atoms with van der Waals surface area (Å²) >= 11 is 1.40. The van der Waals surface area contributed by atoms with Crippen molar-refractivity contribution in [3.63, 3.8) is 0 Å². The van der Waals surface area contributed by atoms with E-state index >= 15 is 0 Å². The lowest BCUT2D eigenvalue weighted by atomic mass is 9.94. The zero-order valence-electron chi connectivity index (χ0n) is 12.6. The van der Waals surface area contributed by atoms with Gasteiger partial charge in [-0.05, 0) is 25.7 Å². The summed E-state index contributed by atoms with van der Waals surface area (Å²) in [6.07, 6.45) is 3.40. The minimum absolute atomic E-state index is 0.0466. The van der Waals surface area contributed by atoms with Crippen LogP contribution in [-0.4, -0.2) is 42.5 Å². The second kappa shape index (κ2) is 6.43. The van der Waals surface area contributed by atoms with Crippen molar-refractivity contribution in [1.29, 1.82) is 0 Å². The van der Waals surface area contributed by atoms with Crippen LogP contribution in [0.3, 0.4) is 0 Å². The van der Waals surface area contributed by atoms with Gasteiger partial charge >= 0.3 is 0 Å². The third kappa shape index (κ3) is 3.06. The number of rotatable bonds is 4. The number of nitrogen functional groups attached to an aromatic ring is 1. The first kappa shape index (κ1) is 15.1. The predicted octanol–water partition coefficient (Wildman–Crippen LogP) is 2.44. The van der Waals surface area contributed by atoms with Crippen molar-refractivity contribution in [3.8, 4) is 0 Å². The topological polar surface area (TPSA) is 62.5 Å². The Morgan fingerprint density at radius 2 is 2.10 bits per heavy atom. The Hall–Kier alpha value is -1.30. The second-order valence-electron chi connectivity index (χ2n) is 5.37. The number of carbonyl (C=O) groups excluding carboxylic acids is 1. The molecule has 1 aliphatic heterocycles. The molecule has 1 fully saturated rings. The van der Waals surface area contributed by atoms with Crippen LogP contribution >= 0.6 is 11.3 Å². The molecule has 0 atom stereocenters. The molecule has 1 aromatic heterocycles. The molecular weight excluding hydrogens is 272 g/mol. The normalized spacial score (nSPS) is 16.4. The number of hydrogen-bond donors (Lipinski definition) is 1. The third-order valence-electron chi connectivity index (χ3n) is 4.12. The summed E-state index contributed by atoms with van der Waals surface area (Å²) in [5.74, 6) is 1.18. The fourth-order valence-electron chi connectivity index (χ4n) is 2.46. The molecule has 2 heterocycles. The maximum absolute atomic E-state index is 12.5. The molecule has 6 heteroatoms. The average Bonchev–Trinajstić information content (AvgIpc) is 2.87. The number of aromatic nitrogens is 1. The number of anilines is 2. The molecule has 0 aliphatic carbocycles. The highest BCUT2D eigenvalue weighted by molar-refractivity contribution is 7.18. The number of nitrogens with zero attached hydrogens (tertiary/aromatic N) is 3. The molecule has 5 nitrogen and oxygen atoms in total. The van der Waals surface area contributed by atoms with Gasteiger partial charge in [-0.1, -0.05) is 24.7 Å². The Balaban J connectivity index is 2.08. The predicted molar refractivity (Wildman–Crippen MR) is 84.4 cm³/mol. The zero-order valence-corrected chi connectivity index (χ0v) is 13.4. The van der Waals surface area contributed by atoms with E-state index in [2.05, 4.69) is 18.8 Å². The molecule has 0 radical (unpaired) electrons. The smallest absolute Gasteiger partial charge is 0.267 e. The van der Waals surface area contributed by atoms with Crippen LogP contribution in [0, 0.1) is 5.92 Å². The quantitative estimate of drug-likeness (QED) is 0.927. The number of carbonyl (C=O) groups is 1. The van der Waals surface area contributed by atoms with Gasteiger partial charge in [0, 0.05) is 26.7 Å². The van der Waals surface area contributed by atoms with Gasteiger partial charge < -0.3 is 15.5 Å². The highest BCUT2D eigenvalue weighted by atomic mass is 32.1. The SMILES string of the molecule is CCC1CCN(C(=O)c2sc(N(C)CC)nc2N)CC1. The highest BCUT2D eigenvalue weighted by Crippen LogP contribution is 2.30. The van der Waals surface area contributed by atoms with Crippen LogP contribution in [0.25, 0.3) is 0 Å². The van der Waals surface area contributed by atoms with Gasteiger partial charge in [-0.25, -0.2) is 4.98 Å². The van der Waals surface area contributed by atoms with Crippen LogP contribution < -0.4 is 10.6 Å². The van der Waals surface area contributed by atoms with Crippen molar-refractivity contribution in [2.75, 3.05) is 37.3 Å². The molecule has 1 saturated heterocycles. The monoisotopic (exact) mass is 296 g/mol. The van der Waals surface area contributed by atoms with Gasteiger partial charge in [-0.2, -0.15) is 0 Å². The lowest BCUT2D eigenvalue weighted by Gasteiger charge is -2.31. The number of amides is 1. The largest absolute Gasteiger partial charge is 0.382 e. The number of likely N-dealkylation sites (tertiary alicyclic amines) is 1. The molecule has 2 rings (SSSR count). The molecule has 0 saturated carbocycles. The lowest BCUT2D eigenvalue weighted by Crippen LogP contribution is -2.38. The van der Waals surface area contributed by atoms with Crippen LogP contribution in [0.4, 0.5) is 10.9 Å². The van der Waals surface area contributed by atoms with Crippen LogP contribution in [-0.2, 0) is 0 Å². The molecule has 2 N–H and O–H groups in total. The van der Waals surface area contributed by atoms with Gasteiger partial charge in [-0.3, -0.25) is 4.79 Å². The van der Waals surface area contributed by atoms with E-state index in [0.717, 1.165) is 43.5 Å². The van der Waals surface area contributed by atoms with Crippen molar-refractivity contribution >= 4 is 28.2 Å². The molecule has 0 unspecified atom stereocenters. The summed E-state index contributed by atoms with van der Waals surface area (Å²) in [6.45, 7) is 6.80. The van der Waals surface area contributed by atoms with E-state index in [9.17, 15) is 4.79 Å². The van der Waals surface area contributed by atoms with Gasteiger partial charge in [0.25, 0.3) is 5.91 Å². The van der Waals surface area contributed by atoms with Crippen molar-refractivity contribution < 1.29 is 4.79 Å². The van der Waals surface area contributed by atoms with E-state index in [-0.39, 0.29) is 5.91 Å². The van der Waals surface area contributed by atoms with Gasteiger partial charge in [0.1, 0.15) is 10.7 Å². The Kier molecular flexibility index (Phi) is 4.86. The number of piperidine rings is 1. The minimum atomic E-state index is 0.0466. The Morgan fingerprint density at radius 1 is 1.45 bits per heavy atom. The van der Waals surface area contributed by atoms with Crippen LogP contribution in [0.1, 0.15) is 42.8 Å². The van der Waals surface area contributed by atoms with Crippen molar-refractivity contribution in [2.24, 2.45) is 5.92 Å². The Labute approximate surface area is 124 Å². The van der Waals surface area contributed by atoms with E-state index in [1.54, 1.807) is 0 Å². The lowest BCUT2D eigenvalue weighted by molar-refractivity contribution is 0.0694. The first-order chi connectivity index (χ1) is 9.56. The fraction of sp³-hybridized carbons (Fsp3) is 0.714. The third-order valence-corrected chi connectivity index (χ3v) is 5.29. The molecule has 1 aromatic rings. The standard InChI is InChI=1S/C14H24N4OS/c1-4-10-6-8-18(9-7-10)13(19)11-12(15)16-14(20-11)17(3)5-2/h10H,4-9,15H2,1-3H3. The van der Waals surface area contributed by atoms with E-state index in [1.807, 2.05) is 16.8 Å². The zero-order chi connectivity index (χ0) is 14.7. The Morgan fingerprint density at radius 3 is 2.65 bits per heavy atom. The highest BCUT2D eigenvalue weighted by Gasteiger charge is 2.26. The maximum atomic E-state index is 12.5. The first-order valence-corrected chi connectivity index (χ1v) is 8.15. The second-order valence-corrected chi connectivity index (χ2v) is 6.35. The van der Waals surface area contributed by atoms with E-state index in [1.165, 1.54) is 17.8 Å². The Bertz CT molecular complexity index is 466. The van der Waals surface area contributed by atoms with Crippen LogP contribution in [0.5, 0.6) is 0 Å². The minimum Gasteiger partial charge on any atom is -0.382 e. The molecule has 0 spiro atoms. The average molecular weight is 296 g/mol. The number of nitrogens with two attached hydrogens (primary N) is 1. The summed E-state index contributed by atoms with van der Waals surface area (Å²) in [5.41, 5.74) is 5.92. The molecule has 1 aliphatic rings. The number of thiazole rings is 1. The van der Waals surface area contributed by atoms with E-state index in [4.69, 9.17) is 5.73 Å². The molecule has 1 amide bonds. The summed E-state index contributed by atoms with van der Waals surface area (Å²) < 4.78 is 0. The van der Waals surface area contributed by atoms with Gasteiger partial charge in [-0.15, -0.1) is 0 Å². The van der Waals surface area contributed by atoms with E-state index in [0.29, 0.717) is 10.7 Å². The van der Waals surface area contributed by atoms with Crippen LogP contribution in [0.15, 0.2) is 0 Å². The van der Waals surface area contributed by atoms with Crippen LogP contribution in [0.2, 0.25) is 0 Å². The maximum Gasteiger partial charge on any atom is 0.267 e. The molecule has 112 valence electrons. The molecule has 20 heavy (non-hydrogen) atoms. The van der Waals surface area contributed by atoms with Gasteiger partial charge in [0.15, 0.2) is 5.13 Å². The molecule has 0 bridgehead atoms. The van der Waals surface area contributed by atoms with Crippen molar-refractivity contribution in [3.05, 3.63) is 4.88 Å². The first-order valence-electron chi connectivity index (χ1n) is 7.33.